The Hall–Kier alpha value is -7.42. The van der Waals surface area contributed by atoms with Crippen molar-refractivity contribution in [3.8, 4) is 50.2 Å². The van der Waals surface area contributed by atoms with E-state index in [1.807, 2.05) is 0 Å². The number of para-hydroxylation sites is 2. The largest absolute Gasteiger partial charge is 0.310 e. The highest BCUT2D eigenvalue weighted by atomic mass is 15.1. The third kappa shape index (κ3) is 5.36. The van der Waals surface area contributed by atoms with E-state index in [1.54, 1.807) is 0 Å². The third-order valence-corrected chi connectivity index (χ3v) is 14.0. The Morgan fingerprint density at radius 2 is 0.839 bits per heavy atom. The Labute approximate surface area is 364 Å². The van der Waals surface area contributed by atoms with Gasteiger partial charge >= 0.3 is 0 Å². The summed E-state index contributed by atoms with van der Waals surface area (Å²) in [6.07, 6.45) is 0. The molecule has 2 aliphatic rings. The number of anilines is 3. The van der Waals surface area contributed by atoms with Crippen LogP contribution in [0.5, 0.6) is 0 Å². The molecule has 0 fully saturated rings. The van der Waals surface area contributed by atoms with Crippen molar-refractivity contribution in [3.05, 3.63) is 229 Å². The van der Waals surface area contributed by atoms with Crippen molar-refractivity contribution in [2.24, 2.45) is 0 Å². The van der Waals surface area contributed by atoms with Crippen LogP contribution in [0.2, 0.25) is 0 Å². The Balaban J connectivity index is 1.07. The lowest BCUT2D eigenvalue weighted by molar-refractivity contribution is 0.652. The Kier molecular flexibility index (Phi) is 7.96. The highest BCUT2D eigenvalue weighted by Crippen LogP contribution is 2.59. The van der Waals surface area contributed by atoms with E-state index in [9.17, 15) is 0 Å². The van der Waals surface area contributed by atoms with Crippen LogP contribution in [0, 0.1) is 0 Å². The lowest BCUT2D eigenvalue weighted by Gasteiger charge is -2.29. The highest BCUT2D eigenvalue weighted by molar-refractivity contribution is 6.09. The van der Waals surface area contributed by atoms with E-state index in [0.717, 1.165) is 22.7 Å². The van der Waals surface area contributed by atoms with Gasteiger partial charge in [0.2, 0.25) is 0 Å². The molecule has 1 aromatic heterocycles. The minimum Gasteiger partial charge on any atom is -0.310 e. The lowest BCUT2D eigenvalue weighted by atomic mass is 9.79. The smallest absolute Gasteiger partial charge is 0.0541 e. The van der Waals surface area contributed by atoms with E-state index in [1.165, 1.54) is 88.6 Å². The Morgan fingerprint density at radius 1 is 0.339 bits per heavy atom. The van der Waals surface area contributed by atoms with Crippen molar-refractivity contribution in [1.82, 2.24) is 4.57 Å². The average Bonchev–Trinajstić information content (AvgIpc) is 3.86. The molecular formula is C60H46N2. The van der Waals surface area contributed by atoms with Gasteiger partial charge in [-0.25, -0.2) is 0 Å². The average molecular weight is 795 g/mol. The van der Waals surface area contributed by atoms with Crippen molar-refractivity contribution in [1.29, 1.82) is 0 Å². The van der Waals surface area contributed by atoms with Gasteiger partial charge in [-0.05, 0) is 140 Å². The maximum atomic E-state index is 2.54. The summed E-state index contributed by atoms with van der Waals surface area (Å²) in [6.45, 7) is 9.63. The van der Waals surface area contributed by atoms with E-state index in [4.69, 9.17) is 0 Å². The predicted molar refractivity (Wildman–Crippen MR) is 261 cm³/mol. The minimum atomic E-state index is -0.246. The maximum absolute atomic E-state index is 2.54. The molecule has 0 radical (unpaired) electrons. The van der Waals surface area contributed by atoms with Crippen molar-refractivity contribution in [2.45, 2.75) is 38.5 Å². The van der Waals surface area contributed by atoms with Crippen LogP contribution in [-0.4, -0.2) is 4.57 Å². The van der Waals surface area contributed by atoms with Crippen LogP contribution in [0.25, 0.3) is 72.0 Å². The fraction of sp³-hybridized carbons (Fsp3) is 0.100. The first-order chi connectivity index (χ1) is 30.3. The molecular weight excluding hydrogens is 749 g/mol. The van der Waals surface area contributed by atoms with Crippen molar-refractivity contribution in [2.75, 3.05) is 4.90 Å². The van der Waals surface area contributed by atoms with Gasteiger partial charge in [-0.15, -0.1) is 0 Å². The molecule has 0 bridgehead atoms. The molecule has 296 valence electrons. The van der Waals surface area contributed by atoms with Gasteiger partial charge in [-0.2, -0.15) is 0 Å². The Bertz CT molecular complexity index is 3320. The molecule has 0 amide bonds. The van der Waals surface area contributed by atoms with Crippen LogP contribution in [-0.2, 0) is 10.8 Å². The molecule has 2 aliphatic carbocycles. The fourth-order valence-electron chi connectivity index (χ4n) is 10.8. The number of aromatic nitrogens is 1. The summed E-state index contributed by atoms with van der Waals surface area (Å²) < 4.78 is 2.40. The number of rotatable bonds is 6. The van der Waals surface area contributed by atoms with Gasteiger partial charge in [0, 0.05) is 44.4 Å². The second-order valence-corrected chi connectivity index (χ2v) is 18.2. The van der Waals surface area contributed by atoms with E-state index >= 15 is 0 Å². The minimum absolute atomic E-state index is 0.0885. The molecule has 0 N–H and O–H groups in total. The number of benzene rings is 9. The number of hydrogen-bond acceptors (Lipinski definition) is 1. The zero-order valence-electron chi connectivity index (χ0n) is 35.5. The van der Waals surface area contributed by atoms with Crippen molar-refractivity contribution in [3.63, 3.8) is 0 Å². The summed E-state index contributed by atoms with van der Waals surface area (Å²) >= 11 is 0. The van der Waals surface area contributed by atoms with E-state index in [2.05, 4.69) is 243 Å². The van der Waals surface area contributed by atoms with Crippen molar-refractivity contribution < 1.29 is 0 Å². The molecule has 12 rings (SSSR count). The normalized spacial score (nSPS) is 14.1. The molecule has 1 heterocycles. The number of fused-ring (bicyclic) bond motifs is 9. The molecule has 0 saturated carbocycles. The third-order valence-electron chi connectivity index (χ3n) is 14.0. The topological polar surface area (TPSA) is 8.17 Å². The van der Waals surface area contributed by atoms with Crippen LogP contribution in [0.4, 0.5) is 17.1 Å². The second kappa shape index (κ2) is 13.5. The molecule has 0 saturated heterocycles. The summed E-state index contributed by atoms with van der Waals surface area (Å²) in [5, 5.41) is 2.53. The van der Waals surface area contributed by atoms with Crippen LogP contribution in [0.1, 0.15) is 49.9 Å². The molecule has 2 heteroatoms. The first-order valence-corrected chi connectivity index (χ1v) is 21.8. The predicted octanol–water partition coefficient (Wildman–Crippen LogP) is 16.2. The summed E-state index contributed by atoms with van der Waals surface area (Å²) in [6, 6.07) is 76.4. The van der Waals surface area contributed by atoms with E-state index in [-0.39, 0.29) is 10.8 Å². The lowest BCUT2D eigenvalue weighted by Crippen LogP contribution is -2.17. The molecule has 10 aromatic rings. The molecule has 2 nitrogen and oxygen atoms in total. The highest BCUT2D eigenvalue weighted by Gasteiger charge is 2.43. The zero-order valence-corrected chi connectivity index (χ0v) is 35.5. The summed E-state index contributed by atoms with van der Waals surface area (Å²) in [5.74, 6) is 0. The van der Waals surface area contributed by atoms with Gasteiger partial charge in [-0.3, -0.25) is 0 Å². The zero-order chi connectivity index (χ0) is 41.7. The monoisotopic (exact) mass is 794 g/mol. The summed E-state index contributed by atoms with van der Waals surface area (Å²) in [7, 11) is 0. The Morgan fingerprint density at radius 3 is 1.50 bits per heavy atom. The number of nitrogens with zero attached hydrogens (tertiary/aromatic N) is 2. The molecule has 0 spiro atoms. The number of hydrogen-bond donors (Lipinski definition) is 0. The standard InChI is InChI=1S/C60H46N2/c1-59(2)52-24-14-11-21-46(52)50-37-54-51(38-53(50)59)58-49(41-19-9-6-10-20-41)35-45(36-55(58)60(54,3)4)61(42-29-27-40(28-30-42)39-17-7-5-8-18-39)43-31-33-44(34-32-43)62-56-25-15-12-22-47(56)48-23-13-16-26-57(48)62/h5-38H,1-4H3. The maximum Gasteiger partial charge on any atom is 0.0541 e. The first kappa shape index (κ1) is 36.4. The van der Waals surface area contributed by atoms with Crippen LogP contribution in [0.3, 0.4) is 0 Å². The second-order valence-electron chi connectivity index (χ2n) is 18.2. The van der Waals surface area contributed by atoms with E-state index < -0.39 is 0 Å². The van der Waals surface area contributed by atoms with Gasteiger partial charge in [0.25, 0.3) is 0 Å². The molecule has 0 unspecified atom stereocenters. The van der Waals surface area contributed by atoms with Crippen LogP contribution < -0.4 is 4.90 Å². The van der Waals surface area contributed by atoms with Gasteiger partial charge in [0.15, 0.2) is 0 Å². The van der Waals surface area contributed by atoms with Gasteiger partial charge in [-0.1, -0.05) is 161 Å². The van der Waals surface area contributed by atoms with Gasteiger partial charge in [0.1, 0.15) is 0 Å². The summed E-state index contributed by atoms with van der Waals surface area (Å²) in [5.41, 5.74) is 22.4. The van der Waals surface area contributed by atoms with Gasteiger partial charge in [0.05, 0.1) is 11.0 Å². The van der Waals surface area contributed by atoms with E-state index in [0.29, 0.717) is 0 Å². The first-order valence-electron chi connectivity index (χ1n) is 21.8. The molecule has 62 heavy (non-hydrogen) atoms. The van der Waals surface area contributed by atoms with Crippen molar-refractivity contribution >= 4 is 38.9 Å². The quantitative estimate of drug-likeness (QED) is 0.163. The summed E-state index contributed by atoms with van der Waals surface area (Å²) in [4.78, 5) is 2.45. The fourth-order valence-corrected chi connectivity index (χ4v) is 10.8. The molecule has 0 atom stereocenters. The van der Waals surface area contributed by atoms with Gasteiger partial charge < -0.3 is 9.47 Å². The van der Waals surface area contributed by atoms with Crippen LogP contribution in [0.15, 0.2) is 206 Å². The molecule has 9 aromatic carbocycles. The molecule has 0 aliphatic heterocycles. The SMILES string of the molecule is CC1(C)c2ccccc2-c2cc3c(cc21)-c1c(-c2ccccc2)cc(N(c2ccc(-c4ccccc4)cc2)c2ccc(-n4c5ccccc5c5ccccc54)cc2)cc1C3(C)C. The van der Waals surface area contributed by atoms with Crippen LogP contribution >= 0.6 is 0 Å².